The summed E-state index contributed by atoms with van der Waals surface area (Å²) in [6.07, 6.45) is 2.15. The highest BCUT2D eigenvalue weighted by molar-refractivity contribution is 5.95. The van der Waals surface area contributed by atoms with E-state index in [1.54, 1.807) is 19.4 Å². The number of nitrogens with one attached hydrogen (secondary N) is 1. The molecule has 2 heterocycles. The first-order valence-electron chi connectivity index (χ1n) is 10.4. The summed E-state index contributed by atoms with van der Waals surface area (Å²) in [6, 6.07) is 4.97. The number of methoxy groups -OCH3 is 1. The van der Waals surface area contributed by atoms with Crippen molar-refractivity contribution < 1.29 is 29.0 Å². The van der Waals surface area contributed by atoms with Crippen molar-refractivity contribution in [1.29, 1.82) is 0 Å². The van der Waals surface area contributed by atoms with Crippen molar-refractivity contribution in [1.82, 2.24) is 15.2 Å². The standard InChI is InChI=1S/C23H28N4O6/c1-5-18(28)26-19(23(2,3)31)22(30)27-12-15(11-17(27)20(24)29)33-21-16-7-6-14(32-4)10-13(16)8-9-25-21/h5-10,15,17,19,31H,1,11-12H2,2-4H3,(H2,24,29)(H,26,28)/t15-,17+,19-/m1/s1. The van der Waals surface area contributed by atoms with Crippen LogP contribution in [0.4, 0.5) is 0 Å². The van der Waals surface area contributed by atoms with Crippen molar-refractivity contribution >= 4 is 28.5 Å². The third kappa shape index (κ3) is 5.23. The molecule has 1 aliphatic heterocycles. The normalized spacial score (nSPS) is 19.1. The maximum absolute atomic E-state index is 13.3. The van der Waals surface area contributed by atoms with Gasteiger partial charge in [0.25, 0.3) is 0 Å². The van der Waals surface area contributed by atoms with Gasteiger partial charge in [0.1, 0.15) is 23.9 Å². The number of rotatable bonds is 8. The Kier molecular flexibility index (Phi) is 6.87. The Balaban J connectivity index is 1.86. The van der Waals surface area contributed by atoms with E-state index in [9.17, 15) is 19.5 Å². The van der Waals surface area contributed by atoms with Gasteiger partial charge in [0.15, 0.2) is 0 Å². The molecular formula is C23H28N4O6. The Labute approximate surface area is 191 Å². The molecule has 3 rings (SSSR count). The molecule has 1 aromatic heterocycles. The van der Waals surface area contributed by atoms with Gasteiger partial charge in [-0.2, -0.15) is 0 Å². The summed E-state index contributed by atoms with van der Waals surface area (Å²) in [6.45, 7) is 6.16. The SMILES string of the molecule is C=CC(=O)N[C@H](C(=O)N1C[C@H](Oc2nccc3cc(OC)ccc23)C[C@H]1C(N)=O)C(C)(C)O. The number of ether oxygens (including phenoxy) is 2. The van der Waals surface area contributed by atoms with Gasteiger partial charge in [-0.15, -0.1) is 0 Å². The number of benzene rings is 1. The number of hydrogen-bond acceptors (Lipinski definition) is 7. The van der Waals surface area contributed by atoms with Gasteiger partial charge in [0.05, 0.1) is 19.3 Å². The molecule has 1 aromatic carbocycles. The summed E-state index contributed by atoms with van der Waals surface area (Å²) in [7, 11) is 1.58. The highest BCUT2D eigenvalue weighted by Gasteiger charge is 2.45. The second kappa shape index (κ2) is 9.45. The Hall–Kier alpha value is -3.66. The summed E-state index contributed by atoms with van der Waals surface area (Å²) in [5.41, 5.74) is 3.95. The summed E-state index contributed by atoms with van der Waals surface area (Å²) < 4.78 is 11.3. The number of likely N-dealkylation sites (tertiary alicyclic amines) is 1. The first-order chi connectivity index (χ1) is 15.5. The molecular weight excluding hydrogens is 428 g/mol. The second-order valence-corrected chi connectivity index (χ2v) is 8.39. The maximum Gasteiger partial charge on any atom is 0.248 e. The minimum atomic E-state index is -1.60. The molecule has 0 bridgehead atoms. The number of nitrogens with zero attached hydrogens (tertiary/aromatic N) is 2. The molecule has 3 amide bonds. The van der Waals surface area contributed by atoms with Crippen LogP contribution in [0.5, 0.6) is 11.6 Å². The van der Waals surface area contributed by atoms with E-state index in [0.29, 0.717) is 11.6 Å². The first kappa shape index (κ1) is 24.0. The van der Waals surface area contributed by atoms with Crippen molar-refractivity contribution in [2.24, 2.45) is 5.73 Å². The number of aromatic nitrogens is 1. The summed E-state index contributed by atoms with van der Waals surface area (Å²) in [5, 5.41) is 14.5. The van der Waals surface area contributed by atoms with Crippen molar-refractivity contribution in [3.05, 3.63) is 43.1 Å². The fraction of sp³-hybridized carbons (Fsp3) is 0.391. The third-order valence-corrected chi connectivity index (χ3v) is 5.51. The van der Waals surface area contributed by atoms with Crippen LogP contribution in [0, 0.1) is 0 Å². The lowest BCUT2D eigenvalue weighted by molar-refractivity contribution is -0.145. The van der Waals surface area contributed by atoms with Crippen LogP contribution in [0.15, 0.2) is 43.1 Å². The predicted octanol–water partition coefficient (Wildman–Crippen LogP) is 0.519. The Bertz CT molecular complexity index is 1080. The van der Waals surface area contributed by atoms with Gasteiger partial charge in [-0.25, -0.2) is 4.98 Å². The summed E-state index contributed by atoms with van der Waals surface area (Å²) in [5.74, 6) is -0.965. The zero-order valence-electron chi connectivity index (χ0n) is 18.8. The molecule has 0 saturated carbocycles. The van der Waals surface area contributed by atoms with Crippen LogP contribution in [0.2, 0.25) is 0 Å². The topological polar surface area (TPSA) is 144 Å². The first-order valence-corrected chi connectivity index (χ1v) is 10.4. The average Bonchev–Trinajstić information content (AvgIpc) is 3.20. The number of carbonyl (C=O) groups excluding carboxylic acids is 3. The largest absolute Gasteiger partial charge is 0.497 e. The third-order valence-electron chi connectivity index (χ3n) is 5.51. The molecule has 1 aliphatic rings. The van der Waals surface area contributed by atoms with Gasteiger partial charge in [-0.1, -0.05) is 6.58 Å². The van der Waals surface area contributed by atoms with E-state index in [-0.39, 0.29) is 13.0 Å². The van der Waals surface area contributed by atoms with Crippen molar-refractivity contribution in [2.45, 2.75) is 44.1 Å². The second-order valence-electron chi connectivity index (χ2n) is 8.39. The molecule has 0 unspecified atom stereocenters. The van der Waals surface area contributed by atoms with E-state index in [2.05, 4.69) is 16.9 Å². The fourth-order valence-corrected chi connectivity index (χ4v) is 3.81. The van der Waals surface area contributed by atoms with Crippen LogP contribution < -0.4 is 20.5 Å². The molecule has 10 nitrogen and oxygen atoms in total. The molecule has 0 spiro atoms. The van der Waals surface area contributed by atoms with Gasteiger partial charge >= 0.3 is 0 Å². The maximum atomic E-state index is 13.3. The molecule has 10 heteroatoms. The molecule has 4 N–H and O–H groups in total. The Morgan fingerprint density at radius 1 is 1.36 bits per heavy atom. The molecule has 1 fully saturated rings. The van der Waals surface area contributed by atoms with E-state index in [1.807, 2.05) is 18.2 Å². The number of hydrogen-bond donors (Lipinski definition) is 3. The fourth-order valence-electron chi connectivity index (χ4n) is 3.81. The number of nitrogens with two attached hydrogens (primary N) is 1. The Morgan fingerprint density at radius 2 is 2.09 bits per heavy atom. The monoisotopic (exact) mass is 456 g/mol. The summed E-state index contributed by atoms with van der Waals surface area (Å²) in [4.78, 5) is 42.8. The summed E-state index contributed by atoms with van der Waals surface area (Å²) >= 11 is 0. The zero-order chi connectivity index (χ0) is 24.3. The predicted molar refractivity (Wildman–Crippen MR) is 120 cm³/mol. The molecule has 2 aromatic rings. The van der Waals surface area contributed by atoms with Gasteiger partial charge < -0.3 is 30.5 Å². The van der Waals surface area contributed by atoms with Crippen LogP contribution in [0.3, 0.4) is 0 Å². The lowest BCUT2D eigenvalue weighted by atomic mass is 9.97. The molecule has 0 aliphatic carbocycles. The highest BCUT2D eigenvalue weighted by atomic mass is 16.5. The van der Waals surface area contributed by atoms with Crippen LogP contribution in [0.25, 0.3) is 10.8 Å². The van der Waals surface area contributed by atoms with Crippen LogP contribution in [-0.2, 0) is 14.4 Å². The highest BCUT2D eigenvalue weighted by Crippen LogP contribution is 2.30. The number of aliphatic hydroxyl groups is 1. The van der Waals surface area contributed by atoms with E-state index < -0.39 is 41.5 Å². The van der Waals surface area contributed by atoms with Gasteiger partial charge in [-0.05, 0) is 49.6 Å². The molecule has 1 saturated heterocycles. The van der Waals surface area contributed by atoms with Crippen molar-refractivity contribution in [2.75, 3.05) is 13.7 Å². The number of amides is 3. The quantitative estimate of drug-likeness (QED) is 0.491. The van der Waals surface area contributed by atoms with Gasteiger partial charge in [0, 0.05) is 18.0 Å². The van der Waals surface area contributed by atoms with Crippen LogP contribution in [-0.4, -0.2) is 70.2 Å². The number of fused-ring (bicyclic) bond motifs is 1. The zero-order valence-corrected chi connectivity index (χ0v) is 18.8. The lowest BCUT2D eigenvalue weighted by Crippen LogP contribution is -2.60. The molecule has 0 radical (unpaired) electrons. The lowest BCUT2D eigenvalue weighted by Gasteiger charge is -2.33. The van der Waals surface area contributed by atoms with Crippen LogP contribution in [0.1, 0.15) is 20.3 Å². The van der Waals surface area contributed by atoms with Gasteiger partial charge in [0.2, 0.25) is 23.6 Å². The van der Waals surface area contributed by atoms with E-state index in [0.717, 1.165) is 16.8 Å². The smallest absolute Gasteiger partial charge is 0.248 e. The molecule has 176 valence electrons. The molecule has 33 heavy (non-hydrogen) atoms. The minimum Gasteiger partial charge on any atom is -0.497 e. The van der Waals surface area contributed by atoms with Gasteiger partial charge in [-0.3, -0.25) is 14.4 Å². The number of primary amides is 1. The molecule has 3 atom stereocenters. The Morgan fingerprint density at radius 3 is 2.70 bits per heavy atom. The number of carbonyl (C=O) groups is 3. The van der Waals surface area contributed by atoms with E-state index >= 15 is 0 Å². The minimum absolute atomic E-state index is 0.0250. The number of pyridine rings is 1. The van der Waals surface area contributed by atoms with Crippen LogP contribution >= 0.6 is 0 Å². The van der Waals surface area contributed by atoms with E-state index in [4.69, 9.17) is 15.2 Å². The van der Waals surface area contributed by atoms with Crippen molar-refractivity contribution in [3.63, 3.8) is 0 Å². The van der Waals surface area contributed by atoms with E-state index in [1.165, 1.54) is 18.7 Å². The van der Waals surface area contributed by atoms with Crippen molar-refractivity contribution in [3.8, 4) is 11.6 Å². The average molecular weight is 456 g/mol.